The molecular formula is C15H13F3N4O2S2. The van der Waals surface area contributed by atoms with E-state index in [2.05, 4.69) is 10.3 Å². The van der Waals surface area contributed by atoms with Crippen LogP contribution in [0.5, 0.6) is 0 Å². The summed E-state index contributed by atoms with van der Waals surface area (Å²) in [7, 11) is -4.26. The zero-order chi connectivity index (χ0) is 19.4. The summed E-state index contributed by atoms with van der Waals surface area (Å²) < 4.78 is 61.5. The number of rotatable bonds is 6. The molecule has 0 radical (unpaired) electrons. The monoisotopic (exact) mass is 402 g/mol. The van der Waals surface area contributed by atoms with Crippen LogP contribution in [0.25, 0.3) is 5.57 Å². The lowest BCUT2D eigenvalue weighted by Gasteiger charge is -2.10. The average Bonchev–Trinajstić information content (AvgIpc) is 3.00. The summed E-state index contributed by atoms with van der Waals surface area (Å²) in [6.07, 6.45) is -3.22. The first-order valence-corrected chi connectivity index (χ1v) is 9.43. The number of anilines is 1. The van der Waals surface area contributed by atoms with Crippen LogP contribution in [0.4, 0.5) is 18.9 Å². The molecule has 1 heterocycles. The predicted molar refractivity (Wildman–Crippen MR) is 91.7 cm³/mol. The number of nitrogens with one attached hydrogen (secondary N) is 2. The Morgan fingerprint density at radius 1 is 1.35 bits per heavy atom. The number of sulfonamides is 1. The van der Waals surface area contributed by atoms with Crippen molar-refractivity contribution < 1.29 is 21.6 Å². The van der Waals surface area contributed by atoms with Gasteiger partial charge in [-0.2, -0.15) is 18.4 Å². The van der Waals surface area contributed by atoms with Crippen LogP contribution < -0.4 is 10.0 Å². The summed E-state index contributed by atoms with van der Waals surface area (Å²) in [4.78, 5) is 3.89. The summed E-state index contributed by atoms with van der Waals surface area (Å²) in [6, 6.07) is 7.08. The van der Waals surface area contributed by atoms with E-state index in [-0.39, 0.29) is 4.90 Å². The lowest BCUT2D eigenvalue weighted by molar-refractivity contribution is -0.121. The molecule has 2 N–H and O–H groups in total. The summed E-state index contributed by atoms with van der Waals surface area (Å²) in [5.41, 5.74) is 1.54. The van der Waals surface area contributed by atoms with Crippen molar-refractivity contribution in [3.05, 3.63) is 46.5 Å². The Hall–Kier alpha value is -2.42. The second kappa shape index (κ2) is 7.86. The van der Waals surface area contributed by atoms with Crippen molar-refractivity contribution in [3.8, 4) is 6.07 Å². The van der Waals surface area contributed by atoms with Crippen LogP contribution in [-0.2, 0) is 10.0 Å². The molecule has 1 aromatic heterocycles. The number of benzene rings is 1. The zero-order valence-corrected chi connectivity index (χ0v) is 15.0. The van der Waals surface area contributed by atoms with Gasteiger partial charge in [-0.1, -0.05) is 0 Å². The number of alkyl halides is 3. The van der Waals surface area contributed by atoms with Gasteiger partial charge in [0.05, 0.1) is 4.90 Å². The van der Waals surface area contributed by atoms with Gasteiger partial charge in [-0.15, -0.1) is 11.3 Å². The maximum atomic E-state index is 12.1. The van der Waals surface area contributed by atoms with Gasteiger partial charge in [0.1, 0.15) is 23.2 Å². The van der Waals surface area contributed by atoms with E-state index in [1.807, 2.05) is 6.07 Å². The molecule has 6 nitrogen and oxygen atoms in total. The molecule has 0 saturated carbocycles. The number of aryl methyl sites for hydroxylation is 1. The largest absolute Gasteiger partial charge is 0.402 e. The molecule has 0 fully saturated rings. The Balaban J connectivity index is 2.10. The van der Waals surface area contributed by atoms with Crippen LogP contribution in [0.2, 0.25) is 0 Å². The molecular weight excluding hydrogens is 389 g/mol. The van der Waals surface area contributed by atoms with Gasteiger partial charge >= 0.3 is 6.18 Å². The Kier molecular flexibility index (Phi) is 6.01. The maximum absolute atomic E-state index is 12.1. The Bertz CT molecular complexity index is 943. The highest BCUT2D eigenvalue weighted by Gasteiger charge is 2.29. The Labute approximate surface area is 152 Å². The van der Waals surface area contributed by atoms with Gasteiger partial charge in [-0.3, -0.25) is 0 Å². The normalized spacial score (nSPS) is 12.7. The Morgan fingerprint density at radius 3 is 2.50 bits per heavy atom. The third kappa shape index (κ3) is 5.55. The number of nitriles is 1. The number of halogens is 3. The van der Waals surface area contributed by atoms with Crippen molar-refractivity contribution >= 4 is 32.6 Å². The summed E-state index contributed by atoms with van der Waals surface area (Å²) in [5.74, 6) is 0. The molecule has 0 amide bonds. The summed E-state index contributed by atoms with van der Waals surface area (Å²) in [6.45, 7) is 0.158. The van der Waals surface area contributed by atoms with E-state index >= 15 is 0 Å². The van der Waals surface area contributed by atoms with Crippen molar-refractivity contribution in [2.24, 2.45) is 0 Å². The molecule has 0 saturated heterocycles. The fourth-order valence-corrected chi connectivity index (χ4v) is 3.54. The number of thiazole rings is 1. The number of aromatic nitrogens is 1. The first kappa shape index (κ1) is 19.9. The van der Waals surface area contributed by atoms with E-state index in [9.17, 15) is 26.9 Å². The zero-order valence-electron chi connectivity index (χ0n) is 13.3. The van der Waals surface area contributed by atoms with Crippen LogP contribution in [0.3, 0.4) is 0 Å². The second-order valence-electron chi connectivity index (χ2n) is 5.07. The summed E-state index contributed by atoms with van der Waals surface area (Å²) >= 11 is 1.31. The SMILES string of the molecule is Cc1csc(/C(C#N)=C/Nc2ccc(S(=O)(=O)NCC(F)(F)F)cc2)n1. The van der Waals surface area contributed by atoms with Crippen LogP contribution in [0.1, 0.15) is 10.7 Å². The number of allylic oxidation sites excluding steroid dienone is 1. The van der Waals surface area contributed by atoms with E-state index in [1.165, 1.54) is 34.4 Å². The average molecular weight is 402 g/mol. The highest BCUT2D eigenvalue weighted by atomic mass is 32.2. The molecule has 0 unspecified atom stereocenters. The van der Waals surface area contributed by atoms with E-state index in [0.717, 1.165) is 17.8 Å². The highest BCUT2D eigenvalue weighted by molar-refractivity contribution is 7.89. The first-order valence-electron chi connectivity index (χ1n) is 7.06. The van der Waals surface area contributed by atoms with Crippen LogP contribution in [0, 0.1) is 18.3 Å². The van der Waals surface area contributed by atoms with Crippen molar-refractivity contribution in [2.45, 2.75) is 18.0 Å². The lowest BCUT2D eigenvalue weighted by atomic mass is 10.3. The fraction of sp³-hybridized carbons (Fsp3) is 0.200. The third-order valence-corrected chi connectivity index (χ3v) is 5.39. The minimum absolute atomic E-state index is 0.298. The molecule has 11 heteroatoms. The van der Waals surface area contributed by atoms with Gasteiger partial charge in [0.15, 0.2) is 0 Å². The van der Waals surface area contributed by atoms with E-state index in [4.69, 9.17) is 0 Å². The minimum atomic E-state index is -4.64. The topological polar surface area (TPSA) is 94.9 Å². The highest BCUT2D eigenvalue weighted by Crippen LogP contribution is 2.20. The Morgan fingerprint density at radius 2 is 2.00 bits per heavy atom. The molecule has 0 bridgehead atoms. The molecule has 1 aromatic carbocycles. The van der Waals surface area contributed by atoms with Crippen molar-refractivity contribution in [3.63, 3.8) is 0 Å². The molecule has 138 valence electrons. The van der Waals surface area contributed by atoms with Gasteiger partial charge in [0.2, 0.25) is 10.0 Å². The molecule has 0 aliphatic heterocycles. The second-order valence-corrected chi connectivity index (χ2v) is 7.70. The lowest BCUT2D eigenvalue weighted by Crippen LogP contribution is -2.33. The van der Waals surface area contributed by atoms with Gasteiger partial charge < -0.3 is 5.32 Å². The number of hydrogen-bond donors (Lipinski definition) is 2. The van der Waals surface area contributed by atoms with Gasteiger partial charge in [0.25, 0.3) is 0 Å². The number of nitrogens with zero attached hydrogens (tertiary/aromatic N) is 2. The third-order valence-electron chi connectivity index (χ3n) is 2.98. The quantitative estimate of drug-likeness (QED) is 0.723. The minimum Gasteiger partial charge on any atom is -0.360 e. The van der Waals surface area contributed by atoms with Gasteiger partial charge in [-0.25, -0.2) is 18.1 Å². The van der Waals surface area contributed by atoms with Crippen LogP contribution >= 0.6 is 11.3 Å². The van der Waals surface area contributed by atoms with E-state index in [1.54, 1.807) is 12.3 Å². The smallest absolute Gasteiger partial charge is 0.360 e. The molecule has 2 rings (SSSR count). The van der Waals surface area contributed by atoms with Crippen LogP contribution in [0.15, 0.2) is 40.7 Å². The maximum Gasteiger partial charge on any atom is 0.402 e. The molecule has 0 aliphatic carbocycles. The molecule has 2 aromatic rings. The van der Waals surface area contributed by atoms with Gasteiger partial charge in [0, 0.05) is 23.0 Å². The molecule has 0 aliphatic rings. The molecule has 0 atom stereocenters. The number of hydrogen-bond acceptors (Lipinski definition) is 6. The van der Waals surface area contributed by atoms with Gasteiger partial charge in [-0.05, 0) is 31.2 Å². The fourth-order valence-electron chi connectivity index (χ4n) is 1.77. The van der Waals surface area contributed by atoms with Crippen molar-refractivity contribution in [1.82, 2.24) is 9.71 Å². The van der Waals surface area contributed by atoms with Crippen molar-refractivity contribution in [2.75, 3.05) is 11.9 Å². The summed E-state index contributed by atoms with van der Waals surface area (Å²) in [5, 5.41) is 14.3. The molecule has 26 heavy (non-hydrogen) atoms. The first-order chi connectivity index (χ1) is 12.1. The van der Waals surface area contributed by atoms with E-state index in [0.29, 0.717) is 16.3 Å². The van der Waals surface area contributed by atoms with Crippen LogP contribution in [-0.4, -0.2) is 26.1 Å². The standard InChI is InChI=1S/C15H13F3N4O2S2/c1-10-8-25-14(22-10)11(6-19)7-20-12-2-4-13(5-3-12)26(23,24)21-9-15(16,17)18/h2-5,7-8,20-21H,9H2,1H3/b11-7+. The predicted octanol–water partition coefficient (Wildman–Crippen LogP) is 3.27. The van der Waals surface area contributed by atoms with E-state index < -0.39 is 22.7 Å². The van der Waals surface area contributed by atoms with Crippen molar-refractivity contribution in [1.29, 1.82) is 5.26 Å². The molecule has 0 spiro atoms.